The van der Waals surface area contributed by atoms with Crippen LogP contribution in [0.15, 0.2) is 24.3 Å². The van der Waals surface area contributed by atoms with Gasteiger partial charge in [-0.3, -0.25) is 9.59 Å². The molecule has 8 heteroatoms. The molecule has 0 radical (unpaired) electrons. The van der Waals surface area contributed by atoms with Crippen LogP contribution in [-0.4, -0.2) is 48.0 Å². The van der Waals surface area contributed by atoms with Gasteiger partial charge in [-0.05, 0) is 36.9 Å². The van der Waals surface area contributed by atoms with Gasteiger partial charge in [0.05, 0.1) is 5.25 Å². The third kappa shape index (κ3) is 5.11. The highest BCUT2D eigenvalue weighted by Crippen LogP contribution is 2.23. The van der Waals surface area contributed by atoms with E-state index >= 15 is 0 Å². The van der Waals surface area contributed by atoms with Crippen molar-refractivity contribution in [2.75, 3.05) is 18.8 Å². The Morgan fingerprint density at radius 3 is 2.85 bits per heavy atom. The second-order valence-electron chi connectivity index (χ2n) is 6.76. The van der Waals surface area contributed by atoms with Gasteiger partial charge in [-0.15, -0.1) is 24.2 Å². The molecule has 144 valence electrons. The summed E-state index contributed by atoms with van der Waals surface area (Å²) in [5.41, 5.74) is 0.528. The molecule has 0 aromatic heterocycles. The molecule has 0 bridgehead atoms. The molecule has 2 fully saturated rings. The van der Waals surface area contributed by atoms with Gasteiger partial charge in [0.15, 0.2) is 0 Å². The van der Waals surface area contributed by atoms with Crippen molar-refractivity contribution in [2.45, 2.75) is 37.1 Å². The average Bonchev–Trinajstić information content (AvgIpc) is 2.60. The summed E-state index contributed by atoms with van der Waals surface area (Å²) < 4.78 is 13.8. The third-order valence-corrected chi connectivity index (χ3v) is 6.22. The van der Waals surface area contributed by atoms with Crippen LogP contribution in [0.5, 0.6) is 0 Å². The van der Waals surface area contributed by atoms with Crippen molar-refractivity contribution in [3.8, 4) is 0 Å². The minimum absolute atomic E-state index is 0. The first-order valence-corrected chi connectivity index (χ1v) is 9.76. The molecule has 3 N–H and O–H groups in total. The Kier molecular flexibility index (Phi) is 7.73. The minimum Gasteiger partial charge on any atom is -0.350 e. The van der Waals surface area contributed by atoms with E-state index in [-0.39, 0.29) is 41.3 Å². The number of thioether (sulfide) groups is 1. The quantitative estimate of drug-likeness (QED) is 0.715. The van der Waals surface area contributed by atoms with E-state index in [2.05, 4.69) is 22.9 Å². The first-order valence-electron chi connectivity index (χ1n) is 8.71. The van der Waals surface area contributed by atoms with E-state index in [1.165, 1.54) is 17.8 Å². The van der Waals surface area contributed by atoms with Crippen LogP contribution < -0.4 is 16.0 Å². The number of rotatable bonds is 4. The molecule has 26 heavy (non-hydrogen) atoms. The number of halogens is 2. The van der Waals surface area contributed by atoms with Crippen LogP contribution in [0.2, 0.25) is 0 Å². The van der Waals surface area contributed by atoms with Gasteiger partial charge in [-0.1, -0.05) is 25.1 Å². The third-order valence-electron chi connectivity index (χ3n) is 4.91. The molecule has 4 unspecified atom stereocenters. The summed E-state index contributed by atoms with van der Waals surface area (Å²) in [6, 6.07) is 6.06. The van der Waals surface area contributed by atoms with Crippen LogP contribution in [0.4, 0.5) is 4.39 Å². The molecule has 2 heterocycles. The van der Waals surface area contributed by atoms with Crippen molar-refractivity contribution in [2.24, 2.45) is 5.92 Å². The predicted octanol–water partition coefficient (Wildman–Crippen LogP) is 1.50. The maximum atomic E-state index is 13.8. The molecular weight excluding hydrogens is 377 g/mol. The number of piperidine rings is 1. The first-order chi connectivity index (χ1) is 12.0. The molecule has 2 saturated heterocycles. The molecule has 5 nitrogen and oxygen atoms in total. The summed E-state index contributed by atoms with van der Waals surface area (Å²) in [4.78, 5) is 24.8. The lowest BCUT2D eigenvalue weighted by atomic mass is 9.94. The Hall–Kier alpha value is -1.31. The average molecular weight is 402 g/mol. The fraction of sp³-hybridized carbons (Fsp3) is 0.556. The summed E-state index contributed by atoms with van der Waals surface area (Å²) in [5.74, 6) is 0.298. The number of amides is 2. The largest absolute Gasteiger partial charge is 0.350 e. The van der Waals surface area contributed by atoms with E-state index in [0.717, 1.165) is 19.5 Å². The van der Waals surface area contributed by atoms with Gasteiger partial charge in [0, 0.05) is 18.3 Å². The lowest BCUT2D eigenvalue weighted by molar-refractivity contribution is -0.129. The van der Waals surface area contributed by atoms with Crippen molar-refractivity contribution < 1.29 is 14.0 Å². The van der Waals surface area contributed by atoms with Gasteiger partial charge < -0.3 is 16.0 Å². The zero-order chi connectivity index (χ0) is 17.8. The van der Waals surface area contributed by atoms with E-state index in [4.69, 9.17) is 0 Å². The Morgan fingerprint density at radius 1 is 1.38 bits per heavy atom. The molecule has 0 spiro atoms. The highest BCUT2D eigenvalue weighted by atomic mass is 35.5. The summed E-state index contributed by atoms with van der Waals surface area (Å²) >= 11 is 1.42. The van der Waals surface area contributed by atoms with E-state index in [1.54, 1.807) is 18.2 Å². The monoisotopic (exact) mass is 401 g/mol. The topological polar surface area (TPSA) is 70.2 Å². The molecule has 2 amide bonds. The highest BCUT2D eigenvalue weighted by Gasteiger charge is 2.34. The minimum atomic E-state index is -0.525. The standard InChI is InChI=1S/C18H24FN3O2S.ClH/c1-11-6-7-20-9-14(11)21-17(23)15-10-25-16(18(24)22-15)8-12-4-2-3-5-13(12)19;/h2-5,11,14-16,20H,6-10H2,1H3,(H,21,23)(H,22,24);1H. The van der Waals surface area contributed by atoms with Crippen LogP contribution in [0, 0.1) is 11.7 Å². The fourth-order valence-corrected chi connectivity index (χ4v) is 4.39. The van der Waals surface area contributed by atoms with E-state index < -0.39 is 6.04 Å². The number of benzene rings is 1. The number of hydrogen-bond donors (Lipinski definition) is 3. The van der Waals surface area contributed by atoms with Gasteiger partial charge in [-0.25, -0.2) is 4.39 Å². The second kappa shape index (κ2) is 9.58. The van der Waals surface area contributed by atoms with Crippen molar-refractivity contribution in [3.63, 3.8) is 0 Å². The molecule has 4 atom stereocenters. The van der Waals surface area contributed by atoms with Crippen LogP contribution >= 0.6 is 24.2 Å². The SMILES string of the molecule is CC1CCNCC1NC(=O)C1CSC(Cc2ccccc2F)C(=O)N1.Cl. The number of carbonyl (C=O) groups excluding carboxylic acids is 2. The zero-order valence-corrected chi connectivity index (χ0v) is 16.3. The molecule has 2 aliphatic heterocycles. The van der Waals surface area contributed by atoms with Gasteiger partial charge in [0.25, 0.3) is 0 Å². The van der Waals surface area contributed by atoms with E-state index in [1.807, 2.05) is 0 Å². The van der Waals surface area contributed by atoms with Crippen LogP contribution in [0.3, 0.4) is 0 Å². The maximum absolute atomic E-state index is 13.8. The predicted molar refractivity (Wildman–Crippen MR) is 104 cm³/mol. The summed E-state index contributed by atoms with van der Waals surface area (Å²) in [5, 5.41) is 8.75. The molecule has 0 saturated carbocycles. The van der Waals surface area contributed by atoms with Crippen molar-refractivity contribution in [3.05, 3.63) is 35.6 Å². The maximum Gasteiger partial charge on any atom is 0.243 e. The summed E-state index contributed by atoms with van der Waals surface area (Å²) in [6.45, 7) is 3.86. The van der Waals surface area contributed by atoms with Gasteiger partial charge in [0.2, 0.25) is 11.8 Å². The molecule has 3 rings (SSSR count). The molecule has 1 aromatic carbocycles. The number of carbonyl (C=O) groups is 2. The van der Waals surface area contributed by atoms with Crippen molar-refractivity contribution in [1.29, 1.82) is 0 Å². The Labute approximate surface area is 163 Å². The lowest BCUT2D eigenvalue weighted by Gasteiger charge is -2.33. The van der Waals surface area contributed by atoms with Crippen molar-refractivity contribution in [1.82, 2.24) is 16.0 Å². The Balaban J connectivity index is 0.00000243. The van der Waals surface area contributed by atoms with Gasteiger partial charge in [0.1, 0.15) is 11.9 Å². The number of nitrogens with one attached hydrogen (secondary N) is 3. The van der Waals surface area contributed by atoms with E-state index in [0.29, 0.717) is 23.7 Å². The molecule has 2 aliphatic rings. The van der Waals surface area contributed by atoms with Gasteiger partial charge in [-0.2, -0.15) is 0 Å². The molecule has 1 aromatic rings. The Morgan fingerprint density at radius 2 is 2.15 bits per heavy atom. The first kappa shape index (κ1) is 21.0. The van der Waals surface area contributed by atoms with Crippen molar-refractivity contribution >= 4 is 36.0 Å². The van der Waals surface area contributed by atoms with E-state index in [9.17, 15) is 14.0 Å². The second-order valence-corrected chi connectivity index (χ2v) is 8.00. The summed E-state index contributed by atoms with van der Waals surface area (Å²) in [7, 11) is 0. The highest BCUT2D eigenvalue weighted by molar-refractivity contribution is 8.00. The zero-order valence-electron chi connectivity index (χ0n) is 14.7. The Bertz CT molecular complexity index is 649. The normalized spacial score (nSPS) is 28.6. The lowest BCUT2D eigenvalue weighted by Crippen LogP contribution is -2.59. The van der Waals surface area contributed by atoms with Crippen LogP contribution in [-0.2, 0) is 16.0 Å². The fourth-order valence-electron chi connectivity index (χ4n) is 3.22. The smallest absolute Gasteiger partial charge is 0.243 e. The van der Waals surface area contributed by atoms with Crippen LogP contribution in [0.25, 0.3) is 0 Å². The molecular formula is C18H25ClFN3O2S. The summed E-state index contributed by atoms with van der Waals surface area (Å²) in [6.07, 6.45) is 1.36. The number of hydrogen-bond acceptors (Lipinski definition) is 4. The molecule has 0 aliphatic carbocycles. The van der Waals surface area contributed by atoms with Gasteiger partial charge >= 0.3 is 0 Å². The van der Waals surface area contributed by atoms with Crippen LogP contribution in [0.1, 0.15) is 18.9 Å².